The van der Waals surface area contributed by atoms with Crippen LogP contribution >= 0.6 is 0 Å². The molecule has 0 aromatic carbocycles. The zero-order chi connectivity index (χ0) is 9.61. The maximum Gasteiger partial charge on any atom is 0.334 e. The number of esters is 1. The summed E-state index contributed by atoms with van der Waals surface area (Å²) in [5, 5.41) is 0. The molecule has 0 saturated heterocycles. The molecule has 3 nitrogen and oxygen atoms in total. The van der Waals surface area contributed by atoms with Gasteiger partial charge >= 0.3 is 5.97 Å². The Morgan fingerprint density at radius 2 is 2.17 bits per heavy atom. The van der Waals surface area contributed by atoms with E-state index in [2.05, 4.69) is 13.5 Å². The quantitative estimate of drug-likeness (QED) is 0.269. The molecule has 3 heteroatoms. The third-order valence-electron chi connectivity index (χ3n) is 1.55. The minimum absolute atomic E-state index is 0.350. The summed E-state index contributed by atoms with van der Waals surface area (Å²) in [7, 11) is 4.06. The van der Waals surface area contributed by atoms with Gasteiger partial charge in [-0.25, -0.2) is 4.79 Å². The van der Waals surface area contributed by atoms with Gasteiger partial charge in [0.1, 0.15) is 0 Å². The first-order chi connectivity index (χ1) is 5.52. The van der Waals surface area contributed by atoms with Gasteiger partial charge in [-0.1, -0.05) is 13.5 Å². The molecule has 0 aromatic rings. The maximum atomic E-state index is 10.7. The molecule has 0 fully saturated rings. The van der Waals surface area contributed by atoms with E-state index < -0.39 is 0 Å². The van der Waals surface area contributed by atoms with Crippen molar-refractivity contribution < 1.29 is 14.0 Å². The zero-order valence-electron chi connectivity index (χ0n) is 8.17. The lowest BCUT2D eigenvalue weighted by atomic mass is 10.4. The number of hydrogen-bond acceptors (Lipinski definition) is 2. The third kappa shape index (κ3) is 4.91. The molecule has 0 amide bonds. The molecule has 0 unspecified atom stereocenters. The minimum atomic E-state index is -0.350. The summed E-state index contributed by atoms with van der Waals surface area (Å²) >= 11 is 0. The van der Waals surface area contributed by atoms with Crippen molar-refractivity contribution in [2.75, 3.05) is 27.4 Å². The van der Waals surface area contributed by atoms with Crippen LogP contribution in [0.5, 0.6) is 0 Å². The smallest absolute Gasteiger partial charge is 0.334 e. The highest BCUT2D eigenvalue weighted by Gasteiger charge is 2.14. The highest BCUT2D eigenvalue weighted by molar-refractivity contribution is 5.81. The number of carbonyl (C=O) groups excluding carboxylic acids is 1. The maximum absolute atomic E-state index is 10.7. The normalized spacial score (nSPS) is 10.9. The Kier molecular flexibility index (Phi) is 4.59. The topological polar surface area (TPSA) is 26.3 Å². The standard InChI is InChI=1S/C9H18NO2/c1-5-7-10(3,4)8-12-9(11)6-2/h6H,2,5,7-8H2,1,3-4H3/q+1. The van der Waals surface area contributed by atoms with Gasteiger partial charge in [-0.05, 0) is 6.42 Å². The van der Waals surface area contributed by atoms with Crippen molar-refractivity contribution in [1.29, 1.82) is 0 Å². The summed E-state index contributed by atoms with van der Waals surface area (Å²) in [6, 6.07) is 0. The van der Waals surface area contributed by atoms with Gasteiger partial charge < -0.3 is 4.74 Å². The van der Waals surface area contributed by atoms with Crippen LogP contribution < -0.4 is 0 Å². The van der Waals surface area contributed by atoms with Crippen molar-refractivity contribution in [2.45, 2.75) is 13.3 Å². The first-order valence-electron chi connectivity index (χ1n) is 4.13. The third-order valence-corrected chi connectivity index (χ3v) is 1.55. The molecule has 0 bridgehead atoms. The molecule has 0 aromatic heterocycles. The van der Waals surface area contributed by atoms with Crippen LogP contribution in [0.3, 0.4) is 0 Å². The van der Waals surface area contributed by atoms with Crippen molar-refractivity contribution in [1.82, 2.24) is 0 Å². The number of ether oxygens (including phenoxy) is 1. The Morgan fingerprint density at radius 1 is 1.58 bits per heavy atom. The molecule has 0 spiro atoms. The Balaban J connectivity index is 3.74. The molecular weight excluding hydrogens is 154 g/mol. The van der Waals surface area contributed by atoms with E-state index in [1.54, 1.807) is 0 Å². The highest BCUT2D eigenvalue weighted by Crippen LogP contribution is 1.99. The first-order valence-corrected chi connectivity index (χ1v) is 4.13. The van der Waals surface area contributed by atoms with Gasteiger partial charge in [0.2, 0.25) is 6.73 Å². The summed E-state index contributed by atoms with van der Waals surface area (Å²) in [6.45, 7) is 6.85. The summed E-state index contributed by atoms with van der Waals surface area (Å²) in [5.74, 6) is -0.350. The van der Waals surface area contributed by atoms with Gasteiger partial charge in [0.15, 0.2) is 0 Å². The van der Waals surface area contributed by atoms with Gasteiger partial charge in [-0.3, -0.25) is 4.48 Å². The van der Waals surface area contributed by atoms with E-state index in [-0.39, 0.29) is 5.97 Å². The molecule has 0 saturated carbocycles. The Hall–Kier alpha value is -0.830. The lowest BCUT2D eigenvalue weighted by molar-refractivity contribution is -0.907. The molecular formula is C9H18NO2+. The molecule has 0 radical (unpaired) electrons. The summed E-state index contributed by atoms with van der Waals surface area (Å²) in [6.07, 6.45) is 2.27. The van der Waals surface area contributed by atoms with Crippen LogP contribution in [0.1, 0.15) is 13.3 Å². The van der Waals surface area contributed by atoms with Crippen molar-refractivity contribution in [3.8, 4) is 0 Å². The fraction of sp³-hybridized carbons (Fsp3) is 0.667. The Bertz CT molecular complexity index is 164. The molecule has 70 valence electrons. The number of carbonyl (C=O) groups is 1. The molecule has 0 atom stereocenters. The van der Waals surface area contributed by atoms with E-state index in [0.29, 0.717) is 11.2 Å². The Labute approximate surface area is 74.2 Å². The van der Waals surface area contributed by atoms with Crippen LogP contribution in [0.25, 0.3) is 0 Å². The average Bonchev–Trinajstić information content (AvgIpc) is 2.00. The van der Waals surface area contributed by atoms with Crippen LogP contribution in [-0.2, 0) is 9.53 Å². The number of rotatable bonds is 5. The largest absolute Gasteiger partial charge is 0.412 e. The van der Waals surface area contributed by atoms with Crippen LogP contribution in [0.2, 0.25) is 0 Å². The van der Waals surface area contributed by atoms with E-state index in [1.807, 2.05) is 14.1 Å². The minimum Gasteiger partial charge on any atom is -0.412 e. The molecule has 0 N–H and O–H groups in total. The van der Waals surface area contributed by atoms with Crippen LogP contribution in [0, 0.1) is 0 Å². The van der Waals surface area contributed by atoms with Gasteiger partial charge in [0.05, 0.1) is 20.6 Å². The molecule has 0 aliphatic carbocycles. The molecule has 0 rings (SSSR count). The second-order valence-corrected chi connectivity index (χ2v) is 3.46. The van der Waals surface area contributed by atoms with E-state index >= 15 is 0 Å². The van der Waals surface area contributed by atoms with Gasteiger partial charge in [0.25, 0.3) is 0 Å². The fourth-order valence-corrected chi connectivity index (χ4v) is 0.967. The predicted molar refractivity (Wildman–Crippen MR) is 48.4 cm³/mol. The molecule has 0 aliphatic heterocycles. The van der Waals surface area contributed by atoms with Crippen molar-refractivity contribution in [3.63, 3.8) is 0 Å². The lowest BCUT2D eigenvalue weighted by Crippen LogP contribution is -2.42. The monoisotopic (exact) mass is 172 g/mol. The fourth-order valence-electron chi connectivity index (χ4n) is 0.967. The van der Waals surface area contributed by atoms with E-state index in [9.17, 15) is 4.79 Å². The van der Waals surface area contributed by atoms with Gasteiger partial charge in [-0.15, -0.1) is 0 Å². The molecule has 0 heterocycles. The first kappa shape index (κ1) is 11.2. The van der Waals surface area contributed by atoms with Gasteiger partial charge in [0, 0.05) is 6.08 Å². The van der Waals surface area contributed by atoms with Crippen LogP contribution in [0.15, 0.2) is 12.7 Å². The summed E-state index contributed by atoms with van der Waals surface area (Å²) < 4.78 is 5.63. The van der Waals surface area contributed by atoms with E-state index in [4.69, 9.17) is 4.74 Å². The van der Waals surface area contributed by atoms with Crippen molar-refractivity contribution >= 4 is 5.97 Å². The van der Waals surface area contributed by atoms with Crippen LogP contribution in [-0.4, -0.2) is 37.8 Å². The molecule has 12 heavy (non-hydrogen) atoms. The van der Waals surface area contributed by atoms with E-state index in [1.165, 1.54) is 6.08 Å². The number of nitrogens with zero attached hydrogens (tertiary/aromatic N) is 1. The second-order valence-electron chi connectivity index (χ2n) is 3.46. The van der Waals surface area contributed by atoms with Crippen LogP contribution in [0.4, 0.5) is 0 Å². The van der Waals surface area contributed by atoms with E-state index in [0.717, 1.165) is 13.0 Å². The summed E-state index contributed by atoms with van der Waals surface area (Å²) in [5.41, 5.74) is 0. The number of hydrogen-bond donors (Lipinski definition) is 0. The highest BCUT2D eigenvalue weighted by atomic mass is 16.5. The van der Waals surface area contributed by atoms with Crippen molar-refractivity contribution in [2.24, 2.45) is 0 Å². The van der Waals surface area contributed by atoms with Gasteiger partial charge in [-0.2, -0.15) is 0 Å². The predicted octanol–water partition coefficient (Wildman–Crippen LogP) is 1.16. The second kappa shape index (κ2) is 4.93. The number of quaternary nitrogens is 1. The lowest BCUT2D eigenvalue weighted by Gasteiger charge is -2.27. The average molecular weight is 172 g/mol. The molecule has 0 aliphatic rings. The Morgan fingerprint density at radius 3 is 2.58 bits per heavy atom. The van der Waals surface area contributed by atoms with Crippen molar-refractivity contribution in [3.05, 3.63) is 12.7 Å². The zero-order valence-corrected chi connectivity index (χ0v) is 8.17. The SMILES string of the molecule is C=CC(=O)OC[N+](C)(C)CCC. The summed E-state index contributed by atoms with van der Waals surface area (Å²) in [4.78, 5) is 10.7.